The average Bonchev–Trinajstić information content (AvgIpc) is 3.39. The number of anilines is 1. The van der Waals surface area contributed by atoms with Gasteiger partial charge in [-0.3, -0.25) is 9.82 Å². The van der Waals surface area contributed by atoms with Gasteiger partial charge in [-0.15, -0.1) is 0 Å². The number of phenols is 1. The molecule has 5 rings (SSSR count). The van der Waals surface area contributed by atoms with E-state index in [-0.39, 0.29) is 16.3 Å². The van der Waals surface area contributed by atoms with Crippen LogP contribution in [0.3, 0.4) is 0 Å². The third kappa shape index (κ3) is 3.51. The molecule has 156 valence electrons. The van der Waals surface area contributed by atoms with Gasteiger partial charge in [-0.25, -0.2) is 18.2 Å². The second-order valence-corrected chi connectivity index (χ2v) is 9.31. The first-order valence-electron chi connectivity index (χ1n) is 8.93. The van der Waals surface area contributed by atoms with Crippen LogP contribution in [0.1, 0.15) is 0 Å². The maximum Gasteiger partial charge on any atom is 0.323 e. The number of benzene rings is 3. The zero-order valence-electron chi connectivity index (χ0n) is 15.6. The zero-order chi connectivity index (χ0) is 21.6. The predicted molar refractivity (Wildman–Crippen MR) is 116 cm³/mol. The molecule has 0 saturated carbocycles. The van der Waals surface area contributed by atoms with Gasteiger partial charge in [0.25, 0.3) is 10.0 Å². The van der Waals surface area contributed by atoms with Crippen LogP contribution in [-0.2, 0) is 10.0 Å². The molecule has 0 bridgehead atoms. The molecule has 0 aliphatic rings. The molecule has 0 fully saturated rings. The Balaban J connectivity index is 1.61. The number of nitrogens with one attached hydrogen (secondary N) is 4. The Morgan fingerprint density at radius 2 is 1.77 bits per heavy atom. The van der Waals surface area contributed by atoms with E-state index in [1.807, 2.05) is 0 Å². The van der Waals surface area contributed by atoms with Crippen molar-refractivity contribution in [1.29, 1.82) is 0 Å². The van der Waals surface area contributed by atoms with Crippen LogP contribution >= 0.6 is 11.8 Å². The van der Waals surface area contributed by atoms with Crippen molar-refractivity contribution in [3.05, 3.63) is 65.3 Å². The Morgan fingerprint density at radius 1 is 1.00 bits per heavy atom. The van der Waals surface area contributed by atoms with E-state index in [1.165, 1.54) is 24.5 Å². The molecule has 3 aromatic carbocycles. The summed E-state index contributed by atoms with van der Waals surface area (Å²) in [7, 11) is -3.99. The van der Waals surface area contributed by atoms with Crippen molar-refractivity contribution in [2.75, 3.05) is 4.72 Å². The number of H-pyrrole nitrogens is 3. The van der Waals surface area contributed by atoms with Gasteiger partial charge in [0.1, 0.15) is 12.1 Å². The van der Waals surface area contributed by atoms with Crippen LogP contribution in [0.2, 0.25) is 0 Å². The fraction of sp³-hybridized carbons (Fsp3) is 0. The van der Waals surface area contributed by atoms with Crippen LogP contribution < -0.4 is 10.4 Å². The van der Waals surface area contributed by atoms with Gasteiger partial charge in [0.05, 0.1) is 26.5 Å². The monoisotopic (exact) mass is 454 g/mol. The number of aromatic nitrogens is 5. The maximum absolute atomic E-state index is 13.1. The van der Waals surface area contributed by atoms with Crippen LogP contribution in [0, 0.1) is 0 Å². The van der Waals surface area contributed by atoms with Crippen molar-refractivity contribution < 1.29 is 13.5 Å². The minimum Gasteiger partial charge on any atom is -0.506 e. The third-order valence-electron chi connectivity index (χ3n) is 4.62. The van der Waals surface area contributed by atoms with E-state index >= 15 is 0 Å². The molecule has 10 nitrogen and oxygen atoms in total. The van der Waals surface area contributed by atoms with Crippen LogP contribution in [0.5, 0.6) is 5.75 Å². The molecule has 5 aromatic rings. The molecule has 0 atom stereocenters. The van der Waals surface area contributed by atoms with Crippen molar-refractivity contribution in [2.24, 2.45) is 0 Å². The van der Waals surface area contributed by atoms with Gasteiger partial charge in [0, 0.05) is 10.8 Å². The van der Waals surface area contributed by atoms with Crippen molar-refractivity contribution in [3.63, 3.8) is 0 Å². The highest BCUT2D eigenvalue weighted by Gasteiger charge is 2.20. The van der Waals surface area contributed by atoms with Crippen LogP contribution in [0.4, 0.5) is 5.69 Å². The minimum atomic E-state index is -3.99. The molecule has 5 N–H and O–H groups in total. The van der Waals surface area contributed by atoms with Crippen LogP contribution in [-0.4, -0.2) is 38.7 Å². The second-order valence-electron chi connectivity index (χ2n) is 6.60. The summed E-state index contributed by atoms with van der Waals surface area (Å²) in [5, 5.41) is 18.6. The topological polar surface area (TPSA) is 157 Å². The molecule has 0 radical (unpaired) electrons. The molecule has 0 spiro atoms. The summed E-state index contributed by atoms with van der Waals surface area (Å²) in [4.78, 5) is 21.0. The first kappa shape index (κ1) is 19.2. The van der Waals surface area contributed by atoms with E-state index in [2.05, 4.69) is 29.9 Å². The number of fused-ring (bicyclic) bond motifs is 2. The van der Waals surface area contributed by atoms with Gasteiger partial charge in [0.2, 0.25) is 0 Å². The highest BCUT2D eigenvalue weighted by molar-refractivity contribution is 7.99. The summed E-state index contributed by atoms with van der Waals surface area (Å²) in [6, 6.07) is 12.7. The quantitative estimate of drug-likeness (QED) is 0.256. The Kier molecular flexibility index (Phi) is 4.45. The molecule has 31 heavy (non-hydrogen) atoms. The summed E-state index contributed by atoms with van der Waals surface area (Å²) in [5.74, 6) is 0.00580. The fourth-order valence-electron chi connectivity index (χ4n) is 3.23. The number of hydrogen-bond donors (Lipinski definition) is 5. The van der Waals surface area contributed by atoms with Crippen molar-refractivity contribution in [3.8, 4) is 5.75 Å². The number of rotatable bonds is 5. The van der Waals surface area contributed by atoms with Crippen molar-refractivity contribution >= 4 is 49.3 Å². The minimum absolute atomic E-state index is 0.00580. The van der Waals surface area contributed by atoms with Gasteiger partial charge in [-0.1, -0.05) is 24.3 Å². The lowest BCUT2D eigenvalue weighted by atomic mass is 10.1. The molecular weight excluding hydrogens is 440 g/mol. The first-order valence-corrected chi connectivity index (χ1v) is 11.2. The number of aromatic hydroxyl groups is 1. The van der Waals surface area contributed by atoms with E-state index in [9.17, 15) is 18.3 Å². The van der Waals surface area contributed by atoms with Gasteiger partial charge in [0.15, 0.2) is 5.16 Å². The second kappa shape index (κ2) is 7.18. The van der Waals surface area contributed by atoms with E-state index in [0.29, 0.717) is 31.9 Å². The number of imidazole rings is 1. The van der Waals surface area contributed by atoms with Gasteiger partial charge >= 0.3 is 5.69 Å². The first-order chi connectivity index (χ1) is 14.9. The zero-order valence-corrected chi connectivity index (χ0v) is 17.2. The molecule has 0 aliphatic heterocycles. The molecule has 2 aromatic heterocycles. The lowest BCUT2D eigenvalue weighted by molar-refractivity contribution is 0.469. The lowest BCUT2D eigenvalue weighted by Crippen LogP contribution is -2.13. The van der Waals surface area contributed by atoms with Crippen LogP contribution in [0.15, 0.2) is 74.6 Å². The van der Waals surface area contributed by atoms with E-state index in [1.54, 1.807) is 30.3 Å². The summed E-state index contributed by atoms with van der Waals surface area (Å²) in [6.45, 7) is 0. The van der Waals surface area contributed by atoms with E-state index < -0.39 is 15.7 Å². The number of hydrogen-bond acceptors (Lipinski definition) is 7. The van der Waals surface area contributed by atoms with E-state index in [4.69, 9.17) is 0 Å². The highest BCUT2D eigenvalue weighted by atomic mass is 32.2. The number of nitrogens with zero attached hydrogens (tertiary/aromatic N) is 2. The Labute approximate surface area is 178 Å². The number of sulfonamides is 1. The lowest BCUT2D eigenvalue weighted by Gasteiger charge is -2.14. The summed E-state index contributed by atoms with van der Waals surface area (Å²) < 4.78 is 28.8. The average molecular weight is 454 g/mol. The standard InChI is InChI=1S/C19H14N6O4S2/c26-17-12-4-2-1-3-11(12)14(8-16(17)30-19-20-9-21-24-19)25-31(28,29)10-5-6-13-15(7-10)23-18(27)22-13/h1-9,25-26H,(H,20,21,24)(H2,22,23,27). The molecule has 0 amide bonds. The van der Waals surface area contributed by atoms with E-state index in [0.717, 1.165) is 11.8 Å². The summed E-state index contributed by atoms with van der Waals surface area (Å²) >= 11 is 1.12. The molecule has 0 aliphatic carbocycles. The number of phenolic OH excluding ortho intramolecular Hbond substituents is 1. The van der Waals surface area contributed by atoms with Crippen LogP contribution in [0.25, 0.3) is 21.8 Å². The van der Waals surface area contributed by atoms with Gasteiger partial charge in [-0.2, -0.15) is 5.10 Å². The molecule has 0 unspecified atom stereocenters. The normalized spacial score (nSPS) is 11.9. The molecule has 2 heterocycles. The highest BCUT2D eigenvalue weighted by Crippen LogP contribution is 2.42. The Hall–Kier alpha value is -3.77. The maximum atomic E-state index is 13.1. The summed E-state index contributed by atoms with van der Waals surface area (Å²) in [6.07, 6.45) is 1.34. The van der Waals surface area contributed by atoms with Gasteiger partial charge in [-0.05, 0) is 36.0 Å². The Bertz CT molecular complexity index is 1590. The van der Waals surface area contributed by atoms with Gasteiger partial charge < -0.3 is 15.1 Å². The molecule has 12 heteroatoms. The van der Waals surface area contributed by atoms with Crippen molar-refractivity contribution in [2.45, 2.75) is 14.9 Å². The smallest absolute Gasteiger partial charge is 0.323 e. The van der Waals surface area contributed by atoms with Crippen molar-refractivity contribution in [1.82, 2.24) is 25.1 Å². The third-order valence-corrected chi connectivity index (χ3v) is 6.91. The fourth-order valence-corrected chi connectivity index (χ4v) is 5.11. The SMILES string of the molecule is O=c1[nH]c2ccc(S(=O)(=O)Nc3cc(Sc4ncn[nH]4)c(O)c4ccccc34)cc2[nH]1. The Morgan fingerprint density at radius 3 is 2.55 bits per heavy atom. The number of aromatic amines is 3. The predicted octanol–water partition coefficient (Wildman–Crippen LogP) is 2.79. The largest absolute Gasteiger partial charge is 0.506 e. The molecular formula is C19H14N6O4S2. The molecule has 0 saturated heterocycles. The summed E-state index contributed by atoms with van der Waals surface area (Å²) in [5.41, 5.74) is 0.754.